The largest absolute Gasteiger partial charge is 0.455 e. The first-order chi connectivity index (χ1) is 26.3. The molecule has 2 heterocycles. The van der Waals surface area contributed by atoms with Gasteiger partial charge in [0.25, 0.3) is 0 Å². The number of para-hydroxylation sites is 2. The second-order valence-electron chi connectivity index (χ2n) is 13.3. The Morgan fingerprint density at radius 3 is 1.66 bits per heavy atom. The van der Waals surface area contributed by atoms with Crippen molar-refractivity contribution >= 4 is 32.7 Å². The van der Waals surface area contributed by atoms with Crippen molar-refractivity contribution in [2.24, 2.45) is 0 Å². The molecular weight excluding hydrogens is 645 g/mol. The Labute approximate surface area is 307 Å². The second kappa shape index (κ2) is 12.9. The van der Waals surface area contributed by atoms with Crippen LogP contribution in [-0.4, -0.2) is 9.97 Å². The molecule has 0 aliphatic heterocycles. The molecule has 8 aromatic carbocycles. The molecule has 0 fully saturated rings. The number of aromatic nitrogens is 2. The first-order valence-corrected chi connectivity index (χ1v) is 17.9. The lowest BCUT2D eigenvalue weighted by atomic mass is 9.88. The first kappa shape index (κ1) is 30.7. The Balaban J connectivity index is 1.25. The molecule has 0 aliphatic carbocycles. The lowest BCUT2D eigenvalue weighted by Gasteiger charge is -2.16. The van der Waals surface area contributed by atoms with Crippen molar-refractivity contribution in [1.82, 2.24) is 9.97 Å². The van der Waals surface area contributed by atoms with E-state index in [4.69, 9.17) is 14.4 Å². The van der Waals surface area contributed by atoms with Gasteiger partial charge in [0.2, 0.25) is 0 Å². The molecule has 0 unspecified atom stereocenters. The molecule has 10 aromatic rings. The third-order valence-electron chi connectivity index (χ3n) is 10.1. The van der Waals surface area contributed by atoms with Crippen molar-refractivity contribution < 1.29 is 4.42 Å². The van der Waals surface area contributed by atoms with Crippen LogP contribution in [0.25, 0.3) is 100.0 Å². The topological polar surface area (TPSA) is 38.9 Å². The molecule has 0 saturated heterocycles. The molecule has 0 saturated carbocycles. The fourth-order valence-corrected chi connectivity index (χ4v) is 7.56. The Morgan fingerprint density at radius 2 is 0.849 bits per heavy atom. The lowest BCUT2D eigenvalue weighted by Crippen LogP contribution is -1.97. The van der Waals surface area contributed by atoms with Gasteiger partial charge in [-0.1, -0.05) is 164 Å². The van der Waals surface area contributed by atoms with Gasteiger partial charge >= 0.3 is 0 Å². The molecule has 0 amide bonds. The fraction of sp³-hybridized carbons (Fsp3) is 0. The van der Waals surface area contributed by atoms with Crippen molar-refractivity contribution in [3.8, 4) is 67.3 Å². The summed E-state index contributed by atoms with van der Waals surface area (Å²) in [6.45, 7) is 0. The van der Waals surface area contributed by atoms with Gasteiger partial charge in [0, 0.05) is 33.0 Å². The highest BCUT2D eigenvalue weighted by Crippen LogP contribution is 2.42. The van der Waals surface area contributed by atoms with E-state index in [-0.39, 0.29) is 0 Å². The van der Waals surface area contributed by atoms with E-state index in [2.05, 4.69) is 158 Å². The number of hydrogen-bond donors (Lipinski definition) is 0. The average Bonchev–Trinajstić information content (AvgIpc) is 3.63. The Kier molecular flexibility index (Phi) is 7.47. The maximum Gasteiger partial charge on any atom is 0.160 e. The van der Waals surface area contributed by atoms with Gasteiger partial charge in [0.05, 0.1) is 11.4 Å². The van der Waals surface area contributed by atoms with E-state index in [0.29, 0.717) is 5.82 Å². The number of rotatable bonds is 6. The molecule has 0 atom stereocenters. The van der Waals surface area contributed by atoms with Crippen LogP contribution >= 0.6 is 0 Å². The van der Waals surface area contributed by atoms with E-state index in [1.807, 2.05) is 36.4 Å². The van der Waals surface area contributed by atoms with Gasteiger partial charge in [-0.2, -0.15) is 0 Å². The monoisotopic (exact) mass is 676 g/mol. The number of benzene rings is 8. The number of furan rings is 1. The molecule has 0 bridgehead atoms. The summed E-state index contributed by atoms with van der Waals surface area (Å²) < 4.78 is 6.60. The smallest absolute Gasteiger partial charge is 0.160 e. The van der Waals surface area contributed by atoms with Gasteiger partial charge in [0.1, 0.15) is 11.2 Å². The second-order valence-corrected chi connectivity index (χ2v) is 13.3. The van der Waals surface area contributed by atoms with Crippen LogP contribution in [0.1, 0.15) is 0 Å². The molecule has 53 heavy (non-hydrogen) atoms. The molecule has 3 heteroatoms. The van der Waals surface area contributed by atoms with Crippen LogP contribution in [0.5, 0.6) is 0 Å². The zero-order valence-electron chi connectivity index (χ0n) is 28.8. The van der Waals surface area contributed by atoms with Crippen LogP contribution in [0.15, 0.2) is 199 Å². The summed E-state index contributed by atoms with van der Waals surface area (Å²) >= 11 is 0. The van der Waals surface area contributed by atoms with Gasteiger partial charge in [-0.05, 0) is 68.9 Å². The minimum Gasteiger partial charge on any atom is -0.455 e. The molecule has 2 aromatic heterocycles. The predicted octanol–water partition coefficient (Wildman–Crippen LogP) is 13.5. The summed E-state index contributed by atoms with van der Waals surface area (Å²) in [5, 5.41) is 4.65. The third kappa shape index (κ3) is 5.56. The Hall–Kier alpha value is -7.10. The van der Waals surface area contributed by atoms with Crippen molar-refractivity contribution in [1.29, 1.82) is 0 Å². The summed E-state index contributed by atoms with van der Waals surface area (Å²) in [5.74, 6) is 0.685. The first-order valence-electron chi connectivity index (χ1n) is 17.9. The maximum absolute atomic E-state index is 6.60. The molecule has 10 rings (SSSR count). The standard InChI is InChI=1S/C50H32N2O/c1-3-16-34(17-4-1)46-32-47(52-50(51-46)35-18-5-2-6-19-35)38-30-36(40-22-9-10-23-42(40)43-26-13-20-33-15-7-8-21-39(33)43)29-37(31-38)41-25-14-27-45-44-24-11-12-28-48(44)53-49(41)45/h1-32H. The third-order valence-corrected chi connectivity index (χ3v) is 10.1. The van der Waals surface area contributed by atoms with E-state index in [1.165, 1.54) is 21.9 Å². The molecule has 0 aliphatic rings. The van der Waals surface area contributed by atoms with Gasteiger partial charge in [-0.3, -0.25) is 0 Å². The lowest BCUT2D eigenvalue weighted by molar-refractivity contribution is 0.670. The summed E-state index contributed by atoms with van der Waals surface area (Å²) in [6.07, 6.45) is 0. The van der Waals surface area contributed by atoms with E-state index < -0.39 is 0 Å². The van der Waals surface area contributed by atoms with E-state index in [9.17, 15) is 0 Å². The van der Waals surface area contributed by atoms with Crippen LogP contribution in [0, 0.1) is 0 Å². The minimum absolute atomic E-state index is 0.685. The quantitative estimate of drug-likeness (QED) is 0.176. The van der Waals surface area contributed by atoms with Crippen molar-refractivity contribution in [2.75, 3.05) is 0 Å². The predicted molar refractivity (Wildman–Crippen MR) is 219 cm³/mol. The van der Waals surface area contributed by atoms with Crippen molar-refractivity contribution in [2.45, 2.75) is 0 Å². The molecule has 248 valence electrons. The maximum atomic E-state index is 6.60. The van der Waals surface area contributed by atoms with E-state index >= 15 is 0 Å². The van der Waals surface area contributed by atoms with Gasteiger partial charge in [0.15, 0.2) is 5.82 Å². The Bertz CT molecular complexity index is 2880. The van der Waals surface area contributed by atoms with E-state index in [0.717, 1.165) is 72.3 Å². The average molecular weight is 677 g/mol. The zero-order chi connectivity index (χ0) is 35.1. The van der Waals surface area contributed by atoms with Crippen LogP contribution in [0.4, 0.5) is 0 Å². The van der Waals surface area contributed by atoms with E-state index in [1.54, 1.807) is 0 Å². The molecule has 0 spiro atoms. The highest BCUT2D eigenvalue weighted by molar-refractivity contribution is 6.10. The normalized spacial score (nSPS) is 11.4. The van der Waals surface area contributed by atoms with Crippen LogP contribution in [0.2, 0.25) is 0 Å². The van der Waals surface area contributed by atoms with Crippen molar-refractivity contribution in [3.63, 3.8) is 0 Å². The van der Waals surface area contributed by atoms with Crippen LogP contribution in [0.3, 0.4) is 0 Å². The van der Waals surface area contributed by atoms with Gasteiger partial charge < -0.3 is 4.42 Å². The molecule has 3 nitrogen and oxygen atoms in total. The number of nitrogens with zero attached hydrogens (tertiary/aromatic N) is 2. The van der Waals surface area contributed by atoms with Gasteiger partial charge in [-0.15, -0.1) is 0 Å². The van der Waals surface area contributed by atoms with Crippen LogP contribution in [-0.2, 0) is 0 Å². The fourth-order valence-electron chi connectivity index (χ4n) is 7.56. The molecular formula is C50H32N2O. The van der Waals surface area contributed by atoms with Crippen LogP contribution < -0.4 is 0 Å². The summed E-state index contributed by atoms with van der Waals surface area (Å²) in [4.78, 5) is 10.3. The highest BCUT2D eigenvalue weighted by Gasteiger charge is 2.18. The number of hydrogen-bond acceptors (Lipinski definition) is 3. The highest BCUT2D eigenvalue weighted by atomic mass is 16.3. The summed E-state index contributed by atoms with van der Waals surface area (Å²) in [6, 6.07) is 68.1. The summed E-state index contributed by atoms with van der Waals surface area (Å²) in [5.41, 5.74) is 13.2. The van der Waals surface area contributed by atoms with Gasteiger partial charge in [-0.25, -0.2) is 9.97 Å². The zero-order valence-corrected chi connectivity index (χ0v) is 28.8. The Morgan fingerprint density at radius 1 is 0.321 bits per heavy atom. The number of fused-ring (bicyclic) bond motifs is 4. The SMILES string of the molecule is c1ccc(-c2cc(-c3cc(-c4ccccc4-c4cccc5ccccc45)cc(-c4cccc5c4oc4ccccc45)c3)nc(-c3ccccc3)n2)cc1. The minimum atomic E-state index is 0.685. The molecule has 0 radical (unpaired) electrons. The van der Waals surface area contributed by atoms with Crippen molar-refractivity contribution in [3.05, 3.63) is 194 Å². The molecule has 0 N–H and O–H groups in total. The summed E-state index contributed by atoms with van der Waals surface area (Å²) in [7, 11) is 0.